The summed E-state index contributed by atoms with van der Waals surface area (Å²) in [6, 6.07) is 0. The number of hydrogen-bond donors (Lipinski definition) is 0. The van der Waals surface area contributed by atoms with Crippen LogP contribution in [0.15, 0.2) is 0 Å². The van der Waals surface area contributed by atoms with Gasteiger partial charge in [0, 0.05) is 0 Å². The Hall–Kier alpha value is 0.0748. The first-order valence-electron chi connectivity index (χ1n) is 3.74. The van der Waals surface area contributed by atoms with Crippen LogP contribution in [0.2, 0.25) is 6.32 Å². The van der Waals surface area contributed by atoms with E-state index in [2.05, 4.69) is 6.92 Å². The lowest BCUT2D eigenvalue weighted by Crippen LogP contribution is -2.34. The van der Waals surface area contributed by atoms with Gasteiger partial charge in [0.05, 0.1) is 0 Å². The van der Waals surface area contributed by atoms with Crippen molar-refractivity contribution in [3.05, 3.63) is 0 Å². The Bertz CT molecular complexity index is 85.8. The fourth-order valence-corrected chi connectivity index (χ4v) is 0.868. The average Bonchev–Trinajstić information content (AvgIpc) is 2.03. The van der Waals surface area contributed by atoms with Gasteiger partial charge in [-0.25, -0.2) is 0 Å². The maximum atomic E-state index is 5.14. The Morgan fingerprint density at radius 1 is 1.30 bits per heavy atom. The van der Waals surface area contributed by atoms with E-state index < -0.39 is 0 Å². The van der Waals surface area contributed by atoms with Crippen LogP contribution in [0.25, 0.3) is 0 Å². The van der Waals surface area contributed by atoms with E-state index in [1.54, 1.807) is 0 Å². The van der Waals surface area contributed by atoms with Crippen molar-refractivity contribution in [2.45, 2.75) is 26.1 Å². The van der Waals surface area contributed by atoms with Crippen molar-refractivity contribution < 1.29 is 13.7 Å². The molecule has 1 saturated heterocycles. The largest absolute Gasteiger partial charge is 0.458 e. The summed E-state index contributed by atoms with van der Waals surface area (Å²) < 4.78 is 15.1. The Morgan fingerprint density at radius 2 is 2.00 bits per heavy atom. The van der Waals surface area contributed by atoms with Crippen molar-refractivity contribution in [1.29, 1.82) is 0 Å². The molecule has 0 aromatic rings. The maximum Gasteiger partial charge on any atom is 0.429 e. The molecule has 0 saturated carbocycles. The highest BCUT2D eigenvalue weighted by Crippen LogP contribution is 2.05. The second-order valence-electron chi connectivity index (χ2n) is 2.34. The predicted octanol–water partition coefficient (Wildman–Crippen LogP) is -0.129. The molecule has 10 heavy (non-hydrogen) atoms. The second kappa shape index (κ2) is 4.82. The van der Waals surface area contributed by atoms with Gasteiger partial charge in [-0.15, -0.1) is 0 Å². The molecule has 6 heteroatoms. The van der Waals surface area contributed by atoms with Gasteiger partial charge in [-0.05, 0) is 6.32 Å². The topological polar surface area (TPSA) is 27.7 Å². The molecular formula is C4H11B3O3. The minimum Gasteiger partial charge on any atom is -0.458 e. The van der Waals surface area contributed by atoms with Crippen molar-refractivity contribution in [3.63, 3.8) is 0 Å². The Morgan fingerprint density at radius 3 is 2.60 bits per heavy atom. The van der Waals surface area contributed by atoms with Crippen molar-refractivity contribution in [2.75, 3.05) is 0 Å². The van der Waals surface area contributed by atoms with Gasteiger partial charge in [0.25, 0.3) is 0 Å². The minimum atomic E-state index is -0.0197. The van der Waals surface area contributed by atoms with Crippen molar-refractivity contribution in [1.82, 2.24) is 0 Å². The van der Waals surface area contributed by atoms with Gasteiger partial charge in [-0.2, -0.15) is 0 Å². The van der Waals surface area contributed by atoms with Crippen LogP contribution in [-0.2, 0) is 13.7 Å². The Labute approximate surface area is 63.2 Å². The monoisotopic (exact) mass is 140 g/mol. The summed E-state index contributed by atoms with van der Waals surface area (Å²) in [6.45, 7) is 2.15. The number of unbranched alkanes of at least 4 members (excludes halogenated alkanes) is 1. The summed E-state index contributed by atoms with van der Waals surface area (Å²) >= 11 is 0. The van der Waals surface area contributed by atoms with Gasteiger partial charge < -0.3 is 13.7 Å². The average molecular weight is 140 g/mol. The molecule has 1 rings (SSSR count). The van der Waals surface area contributed by atoms with Crippen molar-refractivity contribution >= 4 is 22.5 Å². The SMILES string of the molecule is CCCCB1OBOBO1. The molecule has 0 N–H and O–H groups in total. The molecule has 3 nitrogen and oxygen atoms in total. The fourth-order valence-electron chi connectivity index (χ4n) is 0.868. The summed E-state index contributed by atoms with van der Waals surface area (Å²) in [7, 11) is 0.747. The normalized spacial score (nSPS) is 17.9. The summed E-state index contributed by atoms with van der Waals surface area (Å²) in [6.07, 6.45) is 3.33. The summed E-state index contributed by atoms with van der Waals surface area (Å²) in [5.41, 5.74) is 0. The summed E-state index contributed by atoms with van der Waals surface area (Å²) in [5.74, 6) is 0. The lowest BCUT2D eigenvalue weighted by Gasteiger charge is -2.18. The Balaban J connectivity index is 2.02. The van der Waals surface area contributed by atoms with Crippen LogP contribution in [0.4, 0.5) is 0 Å². The van der Waals surface area contributed by atoms with Crippen molar-refractivity contribution in [2.24, 2.45) is 0 Å². The molecule has 0 aromatic heterocycles. The zero-order valence-electron chi connectivity index (χ0n) is 6.34. The molecule has 0 aliphatic carbocycles. The van der Waals surface area contributed by atoms with E-state index in [-0.39, 0.29) is 7.12 Å². The lowest BCUT2D eigenvalue weighted by molar-refractivity contribution is 0.321. The molecule has 1 aliphatic rings. The molecule has 1 heterocycles. The van der Waals surface area contributed by atoms with E-state index in [9.17, 15) is 0 Å². The minimum absolute atomic E-state index is 0.0197. The van der Waals surface area contributed by atoms with E-state index in [0.717, 1.165) is 12.7 Å². The quantitative estimate of drug-likeness (QED) is 0.510. The molecule has 0 unspecified atom stereocenters. The molecule has 0 aromatic carbocycles. The first-order chi connectivity index (χ1) is 4.93. The third kappa shape index (κ3) is 2.77. The smallest absolute Gasteiger partial charge is 0.429 e. The number of hydrogen-bond acceptors (Lipinski definition) is 3. The molecular weight excluding hydrogens is 128 g/mol. The predicted molar refractivity (Wildman–Crippen MR) is 43.0 cm³/mol. The highest BCUT2D eigenvalue weighted by atomic mass is 16.7. The first kappa shape index (κ1) is 8.17. The van der Waals surface area contributed by atoms with Gasteiger partial charge >= 0.3 is 22.5 Å². The standard InChI is InChI=1S/C4H11B3O3/c1-2-3-4-7-9-5-8-6-10-7/h5-6H,2-4H2,1H3. The highest BCUT2D eigenvalue weighted by Gasteiger charge is 2.21. The Kier molecular flexibility index (Phi) is 3.94. The van der Waals surface area contributed by atoms with Gasteiger partial charge in [-0.3, -0.25) is 0 Å². The maximum absolute atomic E-state index is 5.14. The highest BCUT2D eigenvalue weighted by molar-refractivity contribution is 6.61. The molecule has 0 bridgehead atoms. The van der Waals surface area contributed by atoms with Crippen molar-refractivity contribution in [3.8, 4) is 0 Å². The van der Waals surface area contributed by atoms with Gasteiger partial charge in [0.15, 0.2) is 0 Å². The van der Waals surface area contributed by atoms with E-state index in [0.29, 0.717) is 15.4 Å². The molecule has 0 radical (unpaired) electrons. The van der Waals surface area contributed by atoms with Crippen LogP contribution in [-0.4, -0.2) is 22.5 Å². The molecule has 0 amide bonds. The van der Waals surface area contributed by atoms with E-state index in [1.807, 2.05) is 0 Å². The summed E-state index contributed by atoms with van der Waals surface area (Å²) in [5, 5.41) is 0. The van der Waals surface area contributed by atoms with Crippen LogP contribution in [0.1, 0.15) is 19.8 Å². The molecule has 54 valence electrons. The third-order valence-corrected chi connectivity index (χ3v) is 1.47. The van der Waals surface area contributed by atoms with Gasteiger partial charge in [0.2, 0.25) is 0 Å². The zero-order valence-corrected chi connectivity index (χ0v) is 6.34. The third-order valence-electron chi connectivity index (χ3n) is 1.47. The fraction of sp³-hybridized carbons (Fsp3) is 1.00. The van der Waals surface area contributed by atoms with Gasteiger partial charge in [-0.1, -0.05) is 19.8 Å². The number of rotatable bonds is 3. The lowest BCUT2D eigenvalue weighted by atomic mass is 9.78. The van der Waals surface area contributed by atoms with E-state index in [1.165, 1.54) is 6.42 Å². The van der Waals surface area contributed by atoms with Crippen LogP contribution >= 0.6 is 0 Å². The molecule has 1 fully saturated rings. The van der Waals surface area contributed by atoms with Gasteiger partial charge in [0.1, 0.15) is 0 Å². The van der Waals surface area contributed by atoms with E-state index >= 15 is 0 Å². The molecule has 0 atom stereocenters. The first-order valence-corrected chi connectivity index (χ1v) is 3.74. The molecule has 0 spiro atoms. The van der Waals surface area contributed by atoms with E-state index in [4.69, 9.17) is 13.7 Å². The van der Waals surface area contributed by atoms with Crippen LogP contribution in [0.3, 0.4) is 0 Å². The second-order valence-corrected chi connectivity index (χ2v) is 2.34. The zero-order chi connectivity index (χ0) is 7.23. The van der Waals surface area contributed by atoms with Crippen LogP contribution in [0, 0.1) is 0 Å². The molecule has 1 aliphatic heterocycles. The summed E-state index contributed by atoms with van der Waals surface area (Å²) in [4.78, 5) is 0. The van der Waals surface area contributed by atoms with Crippen LogP contribution in [0.5, 0.6) is 0 Å². The van der Waals surface area contributed by atoms with Crippen LogP contribution < -0.4 is 0 Å².